The van der Waals surface area contributed by atoms with Gasteiger partial charge >= 0.3 is 0 Å². The quantitative estimate of drug-likeness (QED) is 0.592. The smallest absolute Gasteiger partial charge is 0.272 e. The number of hydrogen-bond donors (Lipinski definition) is 2. The molecule has 1 unspecified atom stereocenters. The minimum absolute atomic E-state index is 0.105. The Morgan fingerprint density at radius 2 is 1.88 bits per heavy atom. The third-order valence-corrected chi connectivity index (χ3v) is 3.61. The number of benzene rings is 2. The molecule has 0 aliphatic heterocycles. The van der Waals surface area contributed by atoms with Gasteiger partial charge in [0.25, 0.3) is 6.43 Å². The highest BCUT2D eigenvalue weighted by Crippen LogP contribution is 2.14. The molecule has 0 fully saturated rings. The molecule has 0 amide bonds. The number of nitrogens with one attached hydrogen (secondary N) is 2. The molecule has 0 radical (unpaired) electrons. The lowest BCUT2D eigenvalue weighted by atomic mass is 10.1. The van der Waals surface area contributed by atoms with Crippen LogP contribution in [0.25, 0.3) is 0 Å². The third-order valence-electron chi connectivity index (χ3n) is 3.61. The van der Waals surface area contributed by atoms with Crippen molar-refractivity contribution in [2.24, 2.45) is 4.99 Å². The molecule has 2 aromatic rings. The highest BCUT2D eigenvalue weighted by atomic mass is 19.3. The maximum Gasteiger partial charge on any atom is 0.272 e. The molecule has 4 nitrogen and oxygen atoms in total. The molecule has 134 valence electrons. The van der Waals surface area contributed by atoms with Crippen LogP contribution in [0.2, 0.25) is 0 Å². The van der Waals surface area contributed by atoms with E-state index in [1.807, 2.05) is 24.3 Å². The molecule has 0 aromatic heterocycles. The van der Waals surface area contributed by atoms with Crippen molar-refractivity contribution in [2.45, 2.75) is 25.9 Å². The molecule has 0 aliphatic rings. The van der Waals surface area contributed by atoms with E-state index in [0.717, 1.165) is 11.1 Å². The zero-order valence-electron chi connectivity index (χ0n) is 14.4. The molecule has 1 atom stereocenters. The Kier molecular flexibility index (Phi) is 7.19. The Balaban J connectivity index is 1.89. The summed E-state index contributed by atoms with van der Waals surface area (Å²) in [5, 5.41) is 6.53. The minimum atomic E-state index is -2.48. The van der Waals surface area contributed by atoms with Crippen LogP contribution < -0.4 is 15.4 Å². The molecule has 0 spiro atoms. The van der Waals surface area contributed by atoms with Gasteiger partial charge in [-0.15, -0.1) is 0 Å². The second kappa shape index (κ2) is 9.61. The Hall–Kier alpha value is -2.63. The van der Waals surface area contributed by atoms with Crippen LogP contribution in [0.1, 0.15) is 24.1 Å². The first-order valence-electron chi connectivity index (χ1n) is 8.10. The van der Waals surface area contributed by atoms with Gasteiger partial charge in [-0.05, 0) is 30.2 Å². The van der Waals surface area contributed by atoms with E-state index < -0.39 is 13.0 Å². The van der Waals surface area contributed by atoms with E-state index in [-0.39, 0.29) is 6.04 Å². The topological polar surface area (TPSA) is 45.7 Å². The van der Waals surface area contributed by atoms with Crippen molar-refractivity contribution >= 4 is 5.96 Å². The molecule has 2 N–H and O–H groups in total. The molecule has 2 rings (SSSR count). The van der Waals surface area contributed by atoms with Crippen molar-refractivity contribution in [3.8, 4) is 5.75 Å². The van der Waals surface area contributed by atoms with E-state index in [1.165, 1.54) is 0 Å². The standard InChI is InChI=1S/C19H23F2N3O/c1-14(16-8-4-3-5-9-16)24-19(22-2)23-12-15-7-6-10-17(11-15)25-13-18(20)21/h3-11,14,18H,12-13H2,1-2H3,(H2,22,23,24). The number of nitrogens with zero attached hydrogens (tertiary/aromatic N) is 1. The summed E-state index contributed by atoms with van der Waals surface area (Å²) in [5.41, 5.74) is 2.08. The summed E-state index contributed by atoms with van der Waals surface area (Å²) in [6.07, 6.45) is -2.48. The number of hydrogen-bond acceptors (Lipinski definition) is 2. The molecule has 0 bridgehead atoms. The summed E-state index contributed by atoms with van der Waals surface area (Å²) < 4.78 is 29.5. The summed E-state index contributed by atoms with van der Waals surface area (Å²) in [6.45, 7) is 1.96. The highest BCUT2D eigenvalue weighted by molar-refractivity contribution is 5.80. The second-order valence-corrected chi connectivity index (χ2v) is 5.55. The number of guanidine groups is 1. The average Bonchev–Trinajstić information content (AvgIpc) is 2.64. The summed E-state index contributed by atoms with van der Waals surface area (Å²) >= 11 is 0. The number of ether oxygens (including phenoxy) is 1. The van der Waals surface area contributed by atoms with E-state index in [0.29, 0.717) is 18.3 Å². The zero-order chi connectivity index (χ0) is 18.1. The number of rotatable bonds is 7. The summed E-state index contributed by atoms with van der Waals surface area (Å²) in [6, 6.07) is 17.3. The van der Waals surface area contributed by atoms with Gasteiger partial charge in [-0.2, -0.15) is 0 Å². The van der Waals surface area contributed by atoms with Crippen LogP contribution in [-0.2, 0) is 6.54 Å². The van der Waals surface area contributed by atoms with E-state index in [2.05, 4.69) is 34.7 Å². The Bertz CT molecular complexity index is 677. The number of alkyl halides is 2. The van der Waals surface area contributed by atoms with Crippen LogP contribution in [0.5, 0.6) is 5.75 Å². The van der Waals surface area contributed by atoms with Crippen LogP contribution in [-0.4, -0.2) is 26.0 Å². The lowest BCUT2D eigenvalue weighted by Crippen LogP contribution is -2.38. The lowest BCUT2D eigenvalue weighted by Gasteiger charge is -2.18. The van der Waals surface area contributed by atoms with Crippen molar-refractivity contribution in [2.75, 3.05) is 13.7 Å². The molecule has 0 heterocycles. The first kappa shape index (κ1) is 18.7. The van der Waals surface area contributed by atoms with Gasteiger partial charge < -0.3 is 15.4 Å². The van der Waals surface area contributed by atoms with Gasteiger partial charge in [0.05, 0.1) is 6.04 Å². The summed E-state index contributed by atoms with van der Waals surface area (Å²) in [5.74, 6) is 1.09. The molecule has 0 aliphatic carbocycles. The molecule has 0 saturated carbocycles. The monoisotopic (exact) mass is 347 g/mol. The van der Waals surface area contributed by atoms with Crippen LogP contribution >= 0.6 is 0 Å². The van der Waals surface area contributed by atoms with Gasteiger partial charge in [-0.25, -0.2) is 8.78 Å². The van der Waals surface area contributed by atoms with Gasteiger partial charge in [-0.3, -0.25) is 4.99 Å². The first-order valence-corrected chi connectivity index (χ1v) is 8.10. The molecular weight excluding hydrogens is 324 g/mol. The van der Waals surface area contributed by atoms with Crippen molar-refractivity contribution in [1.82, 2.24) is 10.6 Å². The SMILES string of the molecule is CN=C(NCc1cccc(OCC(F)F)c1)NC(C)c1ccccc1. The van der Waals surface area contributed by atoms with Crippen molar-refractivity contribution in [3.05, 3.63) is 65.7 Å². The van der Waals surface area contributed by atoms with E-state index >= 15 is 0 Å². The van der Waals surface area contributed by atoms with Gasteiger partial charge in [0.15, 0.2) is 5.96 Å². The fourth-order valence-electron chi connectivity index (χ4n) is 2.32. The van der Waals surface area contributed by atoms with Crippen molar-refractivity contribution < 1.29 is 13.5 Å². The molecule has 2 aromatic carbocycles. The fourth-order valence-corrected chi connectivity index (χ4v) is 2.32. The zero-order valence-corrected chi connectivity index (χ0v) is 14.4. The van der Waals surface area contributed by atoms with Gasteiger partial charge in [-0.1, -0.05) is 42.5 Å². The van der Waals surface area contributed by atoms with Gasteiger partial charge in [0, 0.05) is 13.6 Å². The van der Waals surface area contributed by atoms with Crippen LogP contribution in [0.3, 0.4) is 0 Å². The van der Waals surface area contributed by atoms with Gasteiger partial charge in [0.2, 0.25) is 0 Å². The van der Waals surface area contributed by atoms with Crippen molar-refractivity contribution in [3.63, 3.8) is 0 Å². The molecule has 25 heavy (non-hydrogen) atoms. The predicted molar refractivity (Wildman–Crippen MR) is 96.1 cm³/mol. The Morgan fingerprint density at radius 1 is 1.12 bits per heavy atom. The number of aliphatic imine (C=N–C) groups is 1. The average molecular weight is 347 g/mol. The minimum Gasteiger partial charge on any atom is -0.488 e. The summed E-state index contributed by atoms with van der Waals surface area (Å²) in [4.78, 5) is 4.21. The van der Waals surface area contributed by atoms with Crippen LogP contribution in [0.15, 0.2) is 59.6 Å². The maximum absolute atomic E-state index is 12.2. The predicted octanol–water partition coefficient (Wildman–Crippen LogP) is 3.76. The Morgan fingerprint density at radius 3 is 2.56 bits per heavy atom. The highest BCUT2D eigenvalue weighted by Gasteiger charge is 2.08. The first-order chi connectivity index (χ1) is 12.1. The molecule has 0 saturated heterocycles. The summed E-state index contributed by atoms with van der Waals surface area (Å²) in [7, 11) is 1.70. The van der Waals surface area contributed by atoms with E-state index in [1.54, 1.807) is 25.2 Å². The van der Waals surface area contributed by atoms with Crippen LogP contribution in [0.4, 0.5) is 8.78 Å². The van der Waals surface area contributed by atoms with Gasteiger partial charge in [0.1, 0.15) is 12.4 Å². The fraction of sp³-hybridized carbons (Fsp3) is 0.316. The van der Waals surface area contributed by atoms with E-state index in [4.69, 9.17) is 4.74 Å². The normalized spacial score (nSPS) is 12.8. The third kappa shape index (κ3) is 6.41. The maximum atomic E-state index is 12.2. The van der Waals surface area contributed by atoms with E-state index in [9.17, 15) is 8.78 Å². The molecule has 6 heteroatoms. The van der Waals surface area contributed by atoms with Crippen LogP contribution in [0, 0.1) is 0 Å². The van der Waals surface area contributed by atoms with Crippen molar-refractivity contribution in [1.29, 1.82) is 0 Å². The largest absolute Gasteiger partial charge is 0.488 e. The Labute approximate surface area is 146 Å². The second-order valence-electron chi connectivity index (χ2n) is 5.55. The lowest BCUT2D eigenvalue weighted by molar-refractivity contribution is 0.0818. The number of halogens is 2. The molecular formula is C19H23F2N3O.